The molecule has 0 aromatic carbocycles. The van der Waals surface area contributed by atoms with Gasteiger partial charge < -0.3 is 4.74 Å². The zero-order valence-corrected chi connectivity index (χ0v) is 23.0. The molecule has 0 aliphatic heterocycles. The van der Waals surface area contributed by atoms with E-state index in [-0.39, 0.29) is 12.1 Å². The Labute approximate surface area is 209 Å². The molecule has 0 heterocycles. The first-order valence-corrected chi connectivity index (χ1v) is 14.8. The number of carbonyl (C=O) groups excluding carboxylic acids is 1. The lowest BCUT2D eigenvalue weighted by Gasteiger charge is -2.58. The number of esters is 1. The maximum atomic E-state index is 12.0. The molecule has 0 amide bonds. The van der Waals surface area contributed by atoms with Crippen molar-refractivity contribution in [3.8, 4) is 0 Å². The fourth-order valence-electron chi connectivity index (χ4n) is 9.09. The Morgan fingerprint density at radius 2 is 1.88 bits per heavy atom. The van der Waals surface area contributed by atoms with E-state index in [4.69, 9.17) is 4.74 Å². The molecule has 0 spiro atoms. The van der Waals surface area contributed by atoms with E-state index in [1.165, 1.54) is 57.8 Å². The molecule has 0 bridgehead atoms. The average Bonchev–Trinajstić information content (AvgIpc) is 3.11. The maximum Gasteiger partial charge on any atom is 0.306 e. The van der Waals surface area contributed by atoms with Crippen LogP contribution in [0.1, 0.15) is 112 Å². The first-order valence-electron chi connectivity index (χ1n) is 14.2. The molecule has 3 saturated carbocycles. The van der Waals surface area contributed by atoms with Crippen LogP contribution in [0.5, 0.6) is 0 Å². The highest BCUT2D eigenvalue weighted by molar-refractivity contribution is 7.80. The minimum atomic E-state index is -0.0687. The number of hydrogen-bond donors (Lipinski definition) is 1. The van der Waals surface area contributed by atoms with Gasteiger partial charge in [-0.15, -0.1) is 0 Å². The average molecular weight is 475 g/mol. The van der Waals surface area contributed by atoms with Gasteiger partial charge in [0.25, 0.3) is 0 Å². The van der Waals surface area contributed by atoms with Crippen LogP contribution in [-0.4, -0.2) is 17.8 Å². The van der Waals surface area contributed by atoms with E-state index in [2.05, 4.69) is 53.3 Å². The molecule has 4 aliphatic carbocycles. The van der Waals surface area contributed by atoms with Gasteiger partial charge in [0.2, 0.25) is 0 Å². The van der Waals surface area contributed by atoms with Gasteiger partial charge in [0, 0.05) is 12.2 Å². The molecule has 0 aromatic rings. The van der Waals surface area contributed by atoms with Gasteiger partial charge in [-0.2, -0.15) is 12.6 Å². The number of hydrogen-bond acceptors (Lipinski definition) is 3. The fourth-order valence-corrected chi connectivity index (χ4v) is 9.27. The van der Waals surface area contributed by atoms with E-state index < -0.39 is 0 Å². The van der Waals surface area contributed by atoms with E-state index in [0.717, 1.165) is 48.3 Å². The minimum absolute atomic E-state index is 0.0687. The van der Waals surface area contributed by atoms with E-state index in [1.54, 1.807) is 5.57 Å². The van der Waals surface area contributed by atoms with Crippen molar-refractivity contribution in [3.05, 3.63) is 11.6 Å². The number of allylic oxidation sites excluding steroid dienone is 1. The monoisotopic (exact) mass is 474 g/mol. The topological polar surface area (TPSA) is 26.3 Å². The molecule has 33 heavy (non-hydrogen) atoms. The van der Waals surface area contributed by atoms with Crippen LogP contribution in [0.15, 0.2) is 11.6 Å². The van der Waals surface area contributed by atoms with Gasteiger partial charge in [-0.1, -0.05) is 65.5 Å². The predicted octanol–water partition coefficient (Wildman–Crippen LogP) is 8.26. The van der Waals surface area contributed by atoms with Crippen LogP contribution in [0.2, 0.25) is 0 Å². The summed E-state index contributed by atoms with van der Waals surface area (Å²) in [6, 6.07) is 0. The molecule has 0 radical (unpaired) electrons. The molecule has 0 N–H and O–H groups in total. The first kappa shape index (κ1) is 25.6. The van der Waals surface area contributed by atoms with Crippen LogP contribution in [0, 0.1) is 46.3 Å². The van der Waals surface area contributed by atoms with Crippen molar-refractivity contribution < 1.29 is 9.53 Å². The van der Waals surface area contributed by atoms with Crippen LogP contribution in [-0.2, 0) is 9.53 Å². The molecular formula is C30H50O2S. The van der Waals surface area contributed by atoms with Crippen molar-refractivity contribution in [2.45, 2.75) is 118 Å². The summed E-state index contributed by atoms with van der Waals surface area (Å²) in [5.74, 6) is 5.76. The number of thiol groups is 1. The van der Waals surface area contributed by atoms with E-state index >= 15 is 0 Å². The minimum Gasteiger partial charge on any atom is -0.462 e. The van der Waals surface area contributed by atoms with Crippen LogP contribution < -0.4 is 0 Å². The van der Waals surface area contributed by atoms with Crippen LogP contribution in [0.25, 0.3) is 0 Å². The molecule has 2 nitrogen and oxygen atoms in total. The second kappa shape index (κ2) is 10.3. The van der Waals surface area contributed by atoms with Gasteiger partial charge >= 0.3 is 5.97 Å². The molecule has 8 atom stereocenters. The van der Waals surface area contributed by atoms with Gasteiger partial charge in [0.05, 0.1) is 6.42 Å². The summed E-state index contributed by atoms with van der Waals surface area (Å²) in [6.07, 6.45) is 17.6. The van der Waals surface area contributed by atoms with Crippen molar-refractivity contribution >= 4 is 18.6 Å². The van der Waals surface area contributed by atoms with Crippen LogP contribution in [0.4, 0.5) is 0 Å². The fraction of sp³-hybridized carbons (Fsp3) is 0.900. The number of fused-ring (bicyclic) bond motifs is 5. The Hall–Kier alpha value is -0.440. The number of ether oxygens (including phenoxy) is 1. The molecule has 8 unspecified atom stereocenters. The normalized spacial score (nSPS) is 41.1. The summed E-state index contributed by atoms with van der Waals surface area (Å²) in [5, 5.41) is 0. The summed E-state index contributed by atoms with van der Waals surface area (Å²) in [5.41, 5.74) is 2.50. The Morgan fingerprint density at radius 1 is 1.09 bits per heavy atom. The highest BCUT2D eigenvalue weighted by atomic mass is 32.1. The molecule has 0 saturated heterocycles. The molecule has 4 aliphatic rings. The van der Waals surface area contributed by atoms with Crippen molar-refractivity contribution in [2.24, 2.45) is 46.3 Å². The van der Waals surface area contributed by atoms with E-state index in [0.29, 0.717) is 23.0 Å². The third-order valence-electron chi connectivity index (χ3n) is 10.9. The lowest BCUT2D eigenvalue weighted by atomic mass is 9.47. The second-order valence-corrected chi connectivity index (χ2v) is 13.6. The van der Waals surface area contributed by atoms with Crippen molar-refractivity contribution in [1.29, 1.82) is 0 Å². The Bertz CT molecular complexity index is 729. The number of rotatable bonds is 8. The van der Waals surface area contributed by atoms with Crippen molar-refractivity contribution in [1.82, 2.24) is 0 Å². The SMILES string of the molecule is CC(C)CCCC(C)C1CCC2C3CC=C4CC(OC(=O)CCS)CCC4(C)C3CCC12C. The summed E-state index contributed by atoms with van der Waals surface area (Å²) in [4.78, 5) is 12.0. The van der Waals surface area contributed by atoms with Crippen LogP contribution in [0.3, 0.4) is 0 Å². The van der Waals surface area contributed by atoms with Gasteiger partial charge in [-0.3, -0.25) is 4.79 Å². The summed E-state index contributed by atoms with van der Waals surface area (Å²) >= 11 is 4.18. The summed E-state index contributed by atoms with van der Waals surface area (Å²) in [6.45, 7) is 12.5. The predicted molar refractivity (Wildman–Crippen MR) is 141 cm³/mol. The summed E-state index contributed by atoms with van der Waals surface area (Å²) in [7, 11) is 0. The highest BCUT2D eigenvalue weighted by Crippen LogP contribution is 2.67. The quantitative estimate of drug-likeness (QED) is 0.218. The third kappa shape index (κ3) is 4.96. The van der Waals surface area contributed by atoms with Crippen molar-refractivity contribution in [3.63, 3.8) is 0 Å². The van der Waals surface area contributed by atoms with Crippen LogP contribution >= 0.6 is 12.6 Å². The highest BCUT2D eigenvalue weighted by Gasteiger charge is 2.59. The standard InChI is InChI=1S/C30H50O2S/c1-20(2)7-6-8-21(3)25-11-12-26-24-10-9-22-19-23(32-28(31)15-18-33)13-16-29(22,4)27(24)14-17-30(25,26)5/h9,20-21,23-27,33H,6-8,10-19H2,1-5H3. The Morgan fingerprint density at radius 3 is 2.61 bits per heavy atom. The first-order chi connectivity index (χ1) is 15.7. The Kier molecular flexibility index (Phi) is 7.99. The molecule has 3 heteroatoms. The zero-order valence-electron chi connectivity index (χ0n) is 22.1. The second-order valence-electron chi connectivity index (χ2n) is 13.1. The zero-order chi connectivity index (χ0) is 23.8. The van der Waals surface area contributed by atoms with Gasteiger partial charge in [0.15, 0.2) is 0 Å². The molecule has 4 rings (SSSR count). The molecule has 0 aromatic heterocycles. The Balaban J connectivity index is 1.43. The van der Waals surface area contributed by atoms with Crippen molar-refractivity contribution in [2.75, 3.05) is 5.75 Å². The van der Waals surface area contributed by atoms with Gasteiger partial charge in [-0.25, -0.2) is 0 Å². The maximum absolute atomic E-state index is 12.0. The smallest absolute Gasteiger partial charge is 0.306 e. The molecule has 188 valence electrons. The van der Waals surface area contributed by atoms with E-state index in [1.807, 2.05) is 0 Å². The van der Waals surface area contributed by atoms with E-state index in [9.17, 15) is 4.79 Å². The molecule has 3 fully saturated rings. The number of carbonyl (C=O) groups is 1. The summed E-state index contributed by atoms with van der Waals surface area (Å²) < 4.78 is 5.81. The molecular weight excluding hydrogens is 424 g/mol. The van der Waals surface area contributed by atoms with Gasteiger partial charge in [-0.05, 0) is 91.3 Å². The van der Waals surface area contributed by atoms with Gasteiger partial charge in [0.1, 0.15) is 6.10 Å². The largest absolute Gasteiger partial charge is 0.462 e. The lowest BCUT2D eigenvalue weighted by molar-refractivity contribution is -0.151. The third-order valence-corrected chi connectivity index (χ3v) is 11.1. The lowest BCUT2D eigenvalue weighted by Crippen LogP contribution is -2.51.